The first-order valence-electron chi connectivity index (χ1n) is 5.74. The van der Waals surface area contributed by atoms with Gasteiger partial charge in [-0.1, -0.05) is 18.2 Å². The Kier molecular flexibility index (Phi) is 4.46. The zero-order valence-electron chi connectivity index (χ0n) is 10.8. The van der Waals surface area contributed by atoms with Crippen LogP contribution in [0.25, 0.3) is 0 Å². The molecule has 0 bridgehead atoms. The summed E-state index contributed by atoms with van der Waals surface area (Å²) in [5.41, 5.74) is -0.648. The Morgan fingerprint density at radius 1 is 1.19 bits per heavy atom. The largest absolute Gasteiger partial charge is 0.467 e. The Morgan fingerprint density at radius 2 is 1.90 bits per heavy atom. The summed E-state index contributed by atoms with van der Waals surface area (Å²) in [6.45, 7) is -0.112. The third-order valence-electron chi connectivity index (χ3n) is 2.53. The molecule has 112 valence electrons. The average molecular weight is 319 g/mol. The number of nitrogens with one attached hydrogen (secondary N) is 1. The van der Waals surface area contributed by atoms with Crippen LogP contribution in [-0.4, -0.2) is 22.1 Å². The van der Waals surface area contributed by atoms with Crippen molar-refractivity contribution in [1.82, 2.24) is 15.0 Å². The van der Waals surface area contributed by atoms with Gasteiger partial charge in [-0.3, -0.25) is 0 Å². The van der Waals surface area contributed by atoms with Crippen LogP contribution in [0.1, 0.15) is 11.1 Å². The van der Waals surface area contributed by atoms with Gasteiger partial charge in [0, 0.05) is 6.54 Å². The van der Waals surface area contributed by atoms with Gasteiger partial charge in [0.1, 0.15) is 0 Å². The molecular formula is C12H10ClF3N4O. The molecule has 9 heteroatoms. The van der Waals surface area contributed by atoms with Crippen LogP contribution >= 0.6 is 11.6 Å². The Morgan fingerprint density at radius 3 is 2.57 bits per heavy atom. The molecule has 0 saturated heterocycles. The van der Waals surface area contributed by atoms with E-state index in [1.54, 1.807) is 0 Å². The molecule has 0 amide bonds. The van der Waals surface area contributed by atoms with Crippen molar-refractivity contribution in [2.75, 3.05) is 12.4 Å². The van der Waals surface area contributed by atoms with E-state index in [-0.39, 0.29) is 29.4 Å². The number of halogens is 4. The fraction of sp³-hybridized carbons (Fsp3) is 0.250. The second-order valence-corrected chi connectivity index (χ2v) is 4.26. The maximum Gasteiger partial charge on any atom is 0.416 e. The van der Waals surface area contributed by atoms with Gasteiger partial charge >= 0.3 is 12.2 Å². The fourth-order valence-corrected chi connectivity index (χ4v) is 1.78. The molecule has 5 nitrogen and oxygen atoms in total. The highest BCUT2D eigenvalue weighted by molar-refractivity contribution is 6.28. The molecule has 0 fully saturated rings. The van der Waals surface area contributed by atoms with Crippen LogP contribution in [0.15, 0.2) is 24.3 Å². The summed E-state index contributed by atoms with van der Waals surface area (Å²) in [5, 5.41) is 2.55. The highest BCUT2D eigenvalue weighted by Crippen LogP contribution is 2.32. The standard InChI is InChI=1S/C12H10ClF3N4O/c1-21-11-19-9(13)18-10(20-11)17-6-7-4-2-3-5-8(7)12(14,15)16/h2-5H,6H2,1H3,(H,17,18,19,20). The lowest BCUT2D eigenvalue weighted by Crippen LogP contribution is -2.13. The van der Waals surface area contributed by atoms with Crippen molar-refractivity contribution in [3.8, 4) is 6.01 Å². The Hall–Kier alpha value is -2.09. The van der Waals surface area contributed by atoms with Crippen LogP contribution in [0.5, 0.6) is 6.01 Å². The van der Waals surface area contributed by atoms with E-state index in [9.17, 15) is 13.2 Å². The quantitative estimate of drug-likeness (QED) is 0.938. The first-order chi connectivity index (χ1) is 9.90. The minimum Gasteiger partial charge on any atom is -0.467 e. The molecule has 0 aliphatic carbocycles. The van der Waals surface area contributed by atoms with E-state index in [1.165, 1.54) is 25.3 Å². The van der Waals surface area contributed by atoms with E-state index >= 15 is 0 Å². The van der Waals surface area contributed by atoms with Gasteiger partial charge in [0.25, 0.3) is 0 Å². The molecule has 0 radical (unpaired) electrons. The second kappa shape index (κ2) is 6.13. The molecule has 1 aromatic heterocycles. The number of methoxy groups -OCH3 is 1. The number of hydrogen-bond acceptors (Lipinski definition) is 5. The topological polar surface area (TPSA) is 59.9 Å². The van der Waals surface area contributed by atoms with Crippen LogP contribution in [-0.2, 0) is 12.7 Å². The zero-order chi connectivity index (χ0) is 15.5. The normalized spacial score (nSPS) is 11.3. The lowest BCUT2D eigenvalue weighted by Gasteiger charge is -2.13. The van der Waals surface area contributed by atoms with Gasteiger partial charge in [0.05, 0.1) is 12.7 Å². The van der Waals surface area contributed by atoms with Crippen molar-refractivity contribution >= 4 is 17.5 Å². The van der Waals surface area contributed by atoms with Gasteiger partial charge in [0.2, 0.25) is 11.2 Å². The van der Waals surface area contributed by atoms with Crippen molar-refractivity contribution < 1.29 is 17.9 Å². The molecule has 21 heavy (non-hydrogen) atoms. The molecule has 0 unspecified atom stereocenters. The minimum atomic E-state index is -4.42. The highest BCUT2D eigenvalue weighted by atomic mass is 35.5. The lowest BCUT2D eigenvalue weighted by molar-refractivity contribution is -0.138. The van der Waals surface area contributed by atoms with Crippen LogP contribution in [0.3, 0.4) is 0 Å². The molecule has 0 atom stereocenters. The molecular weight excluding hydrogens is 309 g/mol. The Balaban J connectivity index is 2.19. The molecule has 1 aromatic carbocycles. The number of hydrogen-bond donors (Lipinski definition) is 1. The Labute approximate surface area is 123 Å². The SMILES string of the molecule is COc1nc(Cl)nc(NCc2ccccc2C(F)(F)F)n1. The van der Waals surface area contributed by atoms with Gasteiger partial charge in [-0.25, -0.2) is 0 Å². The van der Waals surface area contributed by atoms with Gasteiger partial charge in [-0.15, -0.1) is 0 Å². The summed E-state index contributed by atoms with van der Waals surface area (Å²) < 4.78 is 43.3. The highest BCUT2D eigenvalue weighted by Gasteiger charge is 2.32. The van der Waals surface area contributed by atoms with E-state index in [0.29, 0.717) is 0 Å². The first-order valence-corrected chi connectivity index (χ1v) is 6.12. The summed E-state index contributed by atoms with van der Waals surface area (Å²) >= 11 is 5.65. The van der Waals surface area contributed by atoms with Crippen LogP contribution in [0.4, 0.5) is 19.1 Å². The van der Waals surface area contributed by atoms with Crippen LogP contribution < -0.4 is 10.1 Å². The van der Waals surface area contributed by atoms with E-state index < -0.39 is 11.7 Å². The van der Waals surface area contributed by atoms with Crippen molar-refractivity contribution in [2.24, 2.45) is 0 Å². The molecule has 0 saturated carbocycles. The second-order valence-electron chi connectivity index (χ2n) is 3.92. The molecule has 0 spiro atoms. The number of nitrogens with zero attached hydrogens (tertiary/aromatic N) is 3. The monoisotopic (exact) mass is 318 g/mol. The molecule has 1 heterocycles. The third-order valence-corrected chi connectivity index (χ3v) is 2.70. The summed E-state index contributed by atoms with van der Waals surface area (Å²) in [4.78, 5) is 11.3. The number of benzene rings is 1. The maximum absolute atomic E-state index is 12.8. The van der Waals surface area contributed by atoms with E-state index in [4.69, 9.17) is 16.3 Å². The average Bonchev–Trinajstić information content (AvgIpc) is 2.44. The van der Waals surface area contributed by atoms with Crippen molar-refractivity contribution in [1.29, 1.82) is 0 Å². The van der Waals surface area contributed by atoms with Crippen molar-refractivity contribution in [2.45, 2.75) is 12.7 Å². The van der Waals surface area contributed by atoms with Crippen LogP contribution in [0.2, 0.25) is 5.28 Å². The van der Waals surface area contributed by atoms with Gasteiger partial charge in [-0.05, 0) is 23.2 Å². The van der Waals surface area contributed by atoms with Crippen LogP contribution in [0, 0.1) is 0 Å². The summed E-state index contributed by atoms with van der Waals surface area (Å²) in [6, 6.07) is 5.21. The van der Waals surface area contributed by atoms with Gasteiger partial charge in [0.15, 0.2) is 0 Å². The van der Waals surface area contributed by atoms with E-state index in [2.05, 4.69) is 20.3 Å². The lowest BCUT2D eigenvalue weighted by atomic mass is 10.1. The fourth-order valence-electron chi connectivity index (χ4n) is 1.63. The molecule has 0 aliphatic heterocycles. The number of rotatable bonds is 4. The first kappa shape index (κ1) is 15.3. The number of anilines is 1. The predicted molar refractivity (Wildman–Crippen MR) is 70.2 cm³/mol. The van der Waals surface area contributed by atoms with E-state index in [0.717, 1.165) is 6.07 Å². The summed E-state index contributed by atoms with van der Waals surface area (Å²) in [5.74, 6) is 0.0313. The number of aromatic nitrogens is 3. The van der Waals surface area contributed by atoms with Gasteiger partial charge in [-0.2, -0.15) is 28.1 Å². The van der Waals surface area contributed by atoms with Gasteiger partial charge < -0.3 is 10.1 Å². The number of alkyl halides is 3. The molecule has 1 N–H and O–H groups in total. The maximum atomic E-state index is 12.8. The minimum absolute atomic E-state index is 0.0263. The molecule has 2 rings (SSSR count). The molecule has 0 aliphatic rings. The summed E-state index contributed by atoms with van der Waals surface area (Å²) in [6.07, 6.45) is -4.42. The Bertz CT molecular complexity index is 636. The van der Waals surface area contributed by atoms with E-state index in [1.807, 2.05) is 0 Å². The number of ether oxygens (including phenoxy) is 1. The zero-order valence-corrected chi connectivity index (χ0v) is 11.5. The van der Waals surface area contributed by atoms with Crippen molar-refractivity contribution in [3.63, 3.8) is 0 Å². The smallest absolute Gasteiger partial charge is 0.416 e. The van der Waals surface area contributed by atoms with Crippen molar-refractivity contribution in [3.05, 3.63) is 40.7 Å². The summed E-state index contributed by atoms with van der Waals surface area (Å²) in [7, 11) is 1.34. The third kappa shape index (κ3) is 3.94. The predicted octanol–water partition coefficient (Wildman–Crippen LogP) is 3.16. The molecule has 2 aromatic rings.